The second-order valence-corrected chi connectivity index (χ2v) is 7.32. The maximum Gasteiger partial charge on any atom is 0.329 e. The van der Waals surface area contributed by atoms with Crippen LogP contribution in [0.15, 0.2) is 24.3 Å². The number of rotatable bonds is 6. The summed E-state index contributed by atoms with van der Waals surface area (Å²) in [5.41, 5.74) is 2.77. The first-order valence-corrected chi connectivity index (χ1v) is 9.42. The Hall–Kier alpha value is -1.92. The minimum Gasteiger partial charge on any atom is -0.326 e. The molecule has 2 aliphatic rings. The zero-order chi connectivity index (χ0) is 17.8. The van der Waals surface area contributed by atoms with E-state index in [0.717, 1.165) is 45.6 Å². The van der Waals surface area contributed by atoms with E-state index in [9.17, 15) is 9.59 Å². The molecule has 0 aromatic heterocycles. The second kappa shape index (κ2) is 7.97. The van der Waals surface area contributed by atoms with E-state index in [0.29, 0.717) is 6.67 Å². The summed E-state index contributed by atoms with van der Waals surface area (Å²) in [6, 6.07) is 8.03. The largest absolute Gasteiger partial charge is 0.329 e. The lowest BCUT2D eigenvalue weighted by atomic mass is 10.1. The first kappa shape index (κ1) is 17.9. The Balaban J connectivity index is 1.49. The van der Waals surface area contributed by atoms with E-state index in [4.69, 9.17) is 0 Å². The second-order valence-electron chi connectivity index (χ2n) is 7.32. The van der Waals surface area contributed by atoms with Crippen LogP contribution in [-0.4, -0.2) is 55.7 Å². The standard InChI is InChI=1S/C19H28N4O2/c1-3-6-17-18(24)23(19(25)20-17)14-22-11-9-21(10-12-22)13-16-8-5-4-7-15(16)2/h4-5,7-8,17H,3,6,9-14H2,1-2H3,(H,20,25)/p+2/t17-/m0/s1. The average molecular weight is 346 g/mol. The highest BCUT2D eigenvalue weighted by Crippen LogP contribution is 2.09. The summed E-state index contributed by atoms with van der Waals surface area (Å²) >= 11 is 0. The first-order chi connectivity index (χ1) is 12.1. The SMILES string of the molecule is CCC[C@@H]1NC(=O)N(C[NH+]2CC[NH+](Cc3ccccc3C)CC2)C1=O. The van der Waals surface area contributed by atoms with Crippen LogP contribution in [0.2, 0.25) is 0 Å². The number of urea groups is 1. The number of carbonyl (C=O) groups excluding carboxylic acids is 2. The van der Waals surface area contributed by atoms with Crippen molar-refractivity contribution in [1.29, 1.82) is 0 Å². The number of piperazine rings is 1. The topological polar surface area (TPSA) is 58.3 Å². The Morgan fingerprint density at radius 1 is 1.12 bits per heavy atom. The number of nitrogens with zero attached hydrogens (tertiary/aromatic N) is 1. The molecular formula is C19H30N4O2+2. The van der Waals surface area contributed by atoms with Gasteiger partial charge in [0.1, 0.15) is 38.8 Å². The van der Waals surface area contributed by atoms with Crippen LogP contribution < -0.4 is 15.1 Å². The molecule has 2 heterocycles. The molecule has 0 unspecified atom stereocenters. The molecule has 0 spiro atoms. The zero-order valence-electron chi connectivity index (χ0n) is 15.3. The van der Waals surface area contributed by atoms with Crippen LogP contribution in [0.3, 0.4) is 0 Å². The Bertz CT molecular complexity index is 626. The van der Waals surface area contributed by atoms with Crippen molar-refractivity contribution in [2.75, 3.05) is 32.8 Å². The fraction of sp³-hybridized carbons (Fsp3) is 0.579. The van der Waals surface area contributed by atoms with Gasteiger partial charge in [0.2, 0.25) is 0 Å². The summed E-state index contributed by atoms with van der Waals surface area (Å²) in [6.45, 7) is 9.90. The van der Waals surface area contributed by atoms with Crippen molar-refractivity contribution < 1.29 is 19.4 Å². The van der Waals surface area contributed by atoms with Crippen LogP contribution in [0.25, 0.3) is 0 Å². The zero-order valence-corrected chi connectivity index (χ0v) is 15.3. The van der Waals surface area contributed by atoms with Gasteiger partial charge >= 0.3 is 6.03 Å². The number of benzene rings is 1. The summed E-state index contributed by atoms with van der Waals surface area (Å²) in [6.07, 6.45) is 1.63. The molecule has 6 nitrogen and oxygen atoms in total. The van der Waals surface area contributed by atoms with Crippen molar-refractivity contribution in [2.45, 2.75) is 39.3 Å². The van der Waals surface area contributed by atoms with E-state index in [1.807, 2.05) is 6.92 Å². The van der Waals surface area contributed by atoms with Crippen LogP contribution in [0.1, 0.15) is 30.9 Å². The molecule has 2 fully saturated rings. The van der Waals surface area contributed by atoms with Gasteiger partial charge in [0.25, 0.3) is 5.91 Å². The summed E-state index contributed by atoms with van der Waals surface area (Å²) in [5.74, 6) is -0.0472. The van der Waals surface area contributed by atoms with Gasteiger partial charge in [-0.3, -0.25) is 4.79 Å². The molecule has 1 aromatic rings. The molecule has 0 radical (unpaired) electrons. The lowest BCUT2D eigenvalue weighted by molar-refractivity contribution is -1.02. The van der Waals surface area contributed by atoms with E-state index in [-0.39, 0.29) is 18.0 Å². The molecule has 0 bridgehead atoms. The van der Waals surface area contributed by atoms with E-state index in [1.54, 1.807) is 4.90 Å². The lowest BCUT2D eigenvalue weighted by Gasteiger charge is -2.31. The molecular weight excluding hydrogens is 316 g/mol. The monoisotopic (exact) mass is 346 g/mol. The summed E-state index contributed by atoms with van der Waals surface area (Å²) < 4.78 is 0. The van der Waals surface area contributed by atoms with Crippen LogP contribution in [0.5, 0.6) is 0 Å². The smallest absolute Gasteiger partial charge is 0.326 e. The van der Waals surface area contributed by atoms with Crippen molar-refractivity contribution in [3.8, 4) is 0 Å². The van der Waals surface area contributed by atoms with Gasteiger partial charge in [-0.05, 0) is 18.9 Å². The molecule has 0 saturated carbocycles. The van der Waals surface area contributed by atoms with E-state index < -0.39 is 0 Å². The fourth-order valence-electron chi connectivity index (χ4n) is 3.80. The number of imide groups is 1. The van der Waals surface area contributed by atoms with Gasteiger partial charge < -0.3 is 15.1 Å². The van der Waals surface area contributed by atoms with Crippen LogP contribution in [0.4, 0.5) is 4.79 Å². The van der Waals surface area contributed by atoms with Gasteiger partial charge in [-0.1, -0.05) is 37.6 Å². The molecule has 6 heteroatoms. The molecule has 3 N–H and O–H groups in total. The molecule has 2 aliphatic heterocycles. The number of quaternary nitrogens is 2. The Labute approximate surface area is 149 Å². The number of amides is 3. The van der Waals surface area contributed by atoms with E-state index in [1.165, 1.54) is 20.9 Å². The predicted octanol–water partition coefficient (Wildman–Crippen LogP) is -1.04. The number of hydrogen-bond donors (Lipinski definition) is 3. The average Bonchev–Trinajstić information content (AvgIpc) is 2.86. The highest BCUT2D eigenvalue weighted by Gasteiger charge is 2.40. The summed E-state index contributed by atoms with van der Waals surface area (Å²) in [4.78, 5) is 28.7. The molecule has 136 valence electrons. The number of carbonyl (C=O) groups is 2. The number of nitrogens with one attached hydrogen (secondary N) is 3. The van der Waals surface area contributed by atoms with Gasteiger partial charge in [0, 0.05) is 5.56 Å². The van der Waals surface area contributed by atoms with Crippen molar-refractivity contribution in [3.63, 3.8) is 0 Å². The van der Waals surface area contributed by atoms with Crippen LogP contribution in [0, 0.1) is 6.92 Å². The third kappa shape index (κ3) is 4.19. The van der Waals surface area contributed by atoms with Crippen molar-refractivity contribution >= 4 is 11.9 Å². The molecule has 2 saturated heterocycles. The highest BCUT2D eigenvalue weighted by atomic mass is 16.2. The van der Waals surface area contributed by atoms with Gasteiger partial charge in [-0.2, -0.15) is 0 Å². The minimum atomic E-state index is -0.315. The normalized spacial score (nSPS) is 26.8. The Kier molecular flexibility index (Phi) is 5.71. The molecule has 3 rings (SSSR count). The highest BCUT2D eigenvalue weighted by molar-refractivity contribution is 6.03. The summed E-state index contributed by atoms with van der Waals surface area (Å²) in [5, 5.41) is 2.81. The van der Waals surface area contributed by atoms with Gasteiger partial charge in [-0.25, -0.2) is 9.69 Å². The van der Waals surface area contributed by atoms with Crippen molar-refractivity contribution in [2.24, 2.45) is 0 Å². The Morgan fingerprint density at radius 3 is 2.48 bits per heavy atom. The maximum absolute atomic E-state index is 12.3. The molecule has 25 heavy (non-hydrogen) atoms. The Morgan fingerprint density at radius 2 is 1.80 bits per heavy atom. The van der Waals surface area contributed by atoms with Crippen molar-refractivity contribution in [1.82, 2.24) is 10.2 Å². The van der Waals surface area contributed by atoms with Crippen LogP contribution in [-0.2, 0) is 11.3 Å². The molecule has 0 aliphatic carbocycles. The fourth-order valence-corrected chi connectivity index (χ4v) is 3.80. The minimum absolute atomic E-state index is 0.0472. The lowest BCUT2D eigenvalue weighted by Crippen LogP contribution is -3.28. The third-order valence-corrected chi connectivity index (χ3v) is 5.43. The van der Waals surface area contributed by atoms with E-state index >= 15 is 0 Å². The number of hydrogen-bond acceptors (Lipinski definition) is 2. The number of aryl methyl sites for hydroxylation is 1. The molecule has 1 atom stereocenters. The third-order valence-electron chi connectivity index (χ3n) is 5.43. The van der Waals surface area contributed by atoms with Gasteiger partial charge in [0.15, 0.2) is 6.67 Å². The quantitative estimate of drug-likeness (QED) is 0.576. The predicted molar refractivity (Wildman–Crippen MR) is 95.2 cm³/mol. The summed E-state index contributed by atoms with van der Waals surface area (Å²) in [7, 11) is 0. The first-order valence-electron chi connectivity index (χ1n) is 9.42. The molecule has 1 aromatic carbocycles. The van der Waals surface area contributed by atoms with E-state index in [2.05, 4.69) is 36.5 Å². The molecule has 3 amide bonds. The maximum atomic E-state index is 12.3. The van der Waals surface area contributed by atoms with Crippen LogP contribution >= 0.6 is 0 Å². The van der Waals surface area contributed by atoms with Crippen molar-refractivity contribution in [3.05, 3.63) is 35.4 Å². The van der Waals surface area contributed by atoms with Gasteiger partial charge in [0.05, 0.1) is 0 Å². The van der Waals surface area contributed by atoms with Gasteiger partial charge in [-0.15, -0.1) is 0 Å².